The zero-order valence-corrected chi connectivity index (χ0v) is 25.8. The molecule has 0 unspecified atom stereocenters. The highest BCUT2D eigenvalue weighted by Gasteiger charge is 2.27. The highest BCUT2D eigenvalue weighted by atomic mass is 32.1. The molecule has 2 aromatic carbocycles. The summed E-state index contributed by atoms with van der Waals surface area (Å²) in [4.78, 5) is 53.3. The van der Waals surface area contributed by atoms with Crippen LogP contribution < -0.4 is 15.4 Å². The fraction of sp³-hybridized carbons (Fsp3) is 0.419. The van der Waals surface area contributed by atoms with Gasteiger partial charge in [-0.2, -0.15) is 0 Å². The van der Waals surface area contributed by atoms with Crippen LogP contribution in [0.15, 0.2) is 48.7 Å². The van der Waals surface area contributed by atoms with Gasteiger partial charge in [-0.25, -0.2) is 14.6 Å². The molecule has 0 atom stereocenters. The van der Waals surface area contributed by atoms with Crippen LogP contribution in [0, 0.1) is 10.1 Å². The number of rotatable bonds is 10. The molecule has 0 aliphatic heterocycles. The van der Waals surface area contributed by atoms with Gasteiger partial charge in [0.1, 0.15) is 5.75 Å². The minimum absolute atomic E-state index is 0.0584. The number of aromatic nitrogens is 1. The van der Waals surface area contributed by atoms with Crippen LogP contribution in [0.5, 0.6) is 5.75 Å². The molecule has 1 fully saturated rings. The molecule has 12 nitrogen and oxygen atoms in total. The predicted molar refractivity (Wildman–Crippen MR) is 165 cm³/mol. The van der Waals surface area contributed by atoms with Gasteiger partial charge in [0.25, 0.3) is 5.69 Å². The molecule has 1 aromatic heterocycles. The first-order valence-electron chi connectivity index (χ1n) is 14.5. The summed E-state index contributed by atoms with van der Waals surface area (Å²) in [5, 5.41) is 17.7. The number of hydrogen-bond acceptors (Lipinski definition) is 10. The predicted octanol–water partition coefficient (Wildman–Crippen LogP) is 6.98. The van der Waals surface area contributed by atoms with Crippen molar-refractivity contribution in [1.82, 2.24) is 10.3 Å². The van der Waals surface area contributed by atoms with Crippen molar-refractivity contribution in [1.29, 1.82) is 0 Å². The highest BCUT2D eigenvalue weighted by molar-refractivity contribution is 7.15. The van der Waals surface area contributed by atoms with Gasteiger partial charge in [-0.3, -0.25) is 20.2 Å². The van der Waals surface area contributed by atoms with E-state index in [1.807, 2.05) is 13.8 Å². The van der Waals surface area contributed by atoms with Crippen LogP contribution in [-0.4, -0.2) is 46.3 Å². The minimum atomic E-state index is -0.625. The number of nitrogens with zero attached hydrogens (tertiary/aromatic N) is 2. The van der Waals surface area contributed by atoms with Crippen molar-refractivity contribution in [2.24, 2.45) is 0 Å². The third-order valence-electron chi connectivity index (χ3n) is 6.82. The number of ether oxygens (including phenoxy) is 3. The van der Waals surface area contributed by atoms with Crippen molar-refractivity contribution in [3.63, 3.8) is 0 Å². The van der Waals surface area contributed by atoms with E-state index in [2.05, 4.69) is 10.6 Å². The number of thiazole rings is 1. The molecule has 0 bridgehead atoms. The Hall–Kier alpha value is -4.52. The zero-order chi connectivity index (χ0) is 31.8. The molecule has 2 N–H and O–H groups in total. The number of carbonyl (C=O) groups is 3. The van der Waals surface area contributed by atoms with E-state index < -0.39 is 23.1 Å². The number of esters is 1. The monoisotopic (exact) mass is 624 g/mol. The number of amides is 2. The molecule has 0 spiro atoms. The Kier molecular flexibility index (Phi) is 10.9. The lowest BCUT2D eigenvalue weighted by Gasteiger charge is -2.28. The third-order valence-corrected chi connectivity index (χ3v) is 8.01. The van der Waals surface area contributed by atoms with Crippen LogP contribution in [0.4, 0.5) is 21.0 Å². The van der Waals surface area contributed by atoms with Gasteiger partial charge in [-0.1, -0.05) is 12.1 Å². The fourth-order valence-electron chi connectivity index (χ4n) is 4.90. The molecule has 2 amide bonds. The van der Waals surface area contributed by atoms with Crippen molar-refractivity contribution in [3.05, 3.63) is 69.3 Å². The summed E-state index contributed by atoms with van der Waals surface area (Å²) in [5.74, 6) is -0.328. The molecule has 44 heavy (non-hydrogen) atoms. The molecule has 1 saturated carbocycles. The number of nitro groups is 1. The smallest absolute Gasteiger partial charge is 0.411 e. The van der Waals surface area contributed by atoms with Crippen LogP contribution in [0.2, 0.25) is 0 Å². The number of carbonyl (C=O) groups excluding carboxylic acids is 3. The van der Waals surface area contributed by atoms with Crippen molar-refractivity contribution < 1.29 is 33.5 Å². The number of alkyl carbamates (subject to hydrolysis) is 1. The first-order valence-corrected chi connectivity index (χ1v) is 15.3. The number of nitro benzene ring substituents is 1. The standard InChI is InChI=1S/C31H36N4O8S/c1-18(2)41-30(37)33-22-10-8-20(9-11-22)29-32-17-27(44-29)26-13-12-23(34-31(38)42-19(3)4)14-21(26)15-28(36)43-25-7-5-6-24(16-25)35(39)40/h5-7,12-14,16-20,22H,8-11,15H2,1-4H3,(H,33,37)(H,34,38). The lowest BCUT2D eigenvalue weighted by atomic mass is 9.86. The van der Waals surface area contributed by atoms with E-state index in [0.29, 0.717) is 11.3 Å². The number of nitrogens with one attached hydrogen (secondary N) is 2. The molecule has 4 rings (SSSR count). The number of hydrogen-bond donors (Lipinski definition) is 2. The summed E-state index contributed by atoms with van der Waals surface area (Å²) in [6.45, 7) is 7.10. The minimum Gasteiger partial charge on any atom is -0.447 e. The zero-order valence-electron chi connectivity index (χ0n) is 25.0. The first kappa shape index (κ1) is 32.4. The van der Waals surface area contributed by atoms with Gasteiger partial charge in [0, 0.05) is 29.9 Å². The van der Waals surface area contributed by atoms with E-state index in [9.17, 15) is 24.5 Å². The van der Waals surface area contributed by atoms with Crippen molar-refractivity contribution in [2.45, 2.75) is 84.0 Å². The van der Waals surface area contributed by atoms with Crippen molar-refractivity contribution in [3.8, 4) is 16.2 Å². The maximum Gasteiger partial charge on any atom is 0.411 e. The van der Waals surface area contributed by atoms with Gasteiger partial charge < -0.3 is 19.5 Å². The molecule has 3 aromatic rings. The van der Waals surface area contributed by atoms with Gasteiger partial charge in [-0.05, 0) is 82.7 Å². The Balaban J connectivity index is 1.50. The van der Waals surface area contributed by atoms with Crippen LogP contribution in [0.25, 0.3) is 10.4 Å². The first-order chi connectivity index (χ1) is 21.0. The van der Waals surface area contributed by atoms with Gasteiger partial charge >= 0.3 is 18.2 Å². The number of benzene rings is 2. The summed E-state index contributed by atoms with van der Waals surface area (Å²) < 4.78 is 15.8. The van der Waals surface area contributed by atoms with E-state index in [1.165, 1.54) is 35.6 Å². The topological polar surface area (TPSA) is 159 Å². The van der Waals surface area contributed by atoms with Gasteiger partial charge in [-0.15, -0.1) is 11.3 Å². The number of anilines is 1. The van der Waals surface area contributed by atoms with Crippen LogP contribution in [0.3, 0.4) is 0 Å². The lowest BCUT2D eigenvalue weighted by Crippen LogP contribution is -2.38. The molecule has 1 heterocycles. The largest absolute Gasteiger partial charge is 0.447 e. The Morgan fingerprint density at radius 1 is 1.00 bits per heavy atom. The molecule has 13 heteroatoms. The molecular weight excluding hydrogens is 588 g/mol. The lowest BCUT2D eigenvalue weighted by molar-refractivity contribution is -0.384. The van der Waals surface area contributed by atoms with Crippen LogP contribution >= 0.6 is 11.3 Å². The average Bonchev–Trinajstić information content (AvgIpc) is 3.43. The van der Waals surface area contributed by atoms with Crippen LogP contribution in [0.1, 0.15) is 69.9 Å². The van der Waals surface area contributed by atoms with E-state index in [4.69, 9.17) is 19.2 Å². The summed E-state index contributed by atoms with van der Waals surface area (Å²) in [6.07, 6.45) is 3.46. The normalized spacial score (nSPS) is 16.3. The summed E-state index contributed by atoms with van der Waals surface area (Å²) >= 11 is 1.53. The Bertz CT molecular complexity index is 1500. The third kappa shape index (κ3) is 9.24. The maximum atomic E-state index is 13.0. The Morgan fingerprint density at radius 2 is 1.70 bits per heavy atom. The Morgan fingerprint density at radius 3 is 2.39 bits per heavy atom. The molecule has 1 aliphatic carbocycles. The van der Waals surface area contributed by atoms with E-state index in [1.54, 1.807) is 38.2 Å². The summed E-state index contributed by atoms with van der Waals surface area (Å²) in [7, 11) is 0. The second kappa shape index (κ2) is 14.8. The average molecular weight is 625 g/mol. The maximum absolute atomic E-state index is 13.0. The van der Waals surface area contributed by atoms with Gasteiger partial charge in [0.15, 0.2) is 0 Å². The SMILES string of the molecule is CC(C)OC(=O)Nc1ccc(-c2cnc(C3CCC(NC(=O)OC(C)C)CC3)s2)c(CC(=O)Oc2cccc([N+](=O)[O-])c2)c1. The van der Waals surface area contributed by atoms with E-state index in [-0.39, 0.29) is 42.0 Å². The second-order valence-corrected chi connectivity index (χ2v) is 12.1. The van der Waals surface area contributed by atoms with E-state index >= 15 is 0 Å². The number of non-ortho nitro benzene ring substituents is 1. The highest BCUT2D eigenvalue weighted by Crippen LogP contribution is 2.39. The quantitative estimate of drug-likeness (QED) is 0.105. The van der Waals surface area contributed by atoms with Crippen LogP contribution in [-0.2, 0) is 20.7 Å². The Labute approximate surface area is 259 Å². The summed E-state index contributed by atoms with van der Waals surface area (Å²) in [5.41, 5.74) is 1.57. The molecule has 1 aliphatic rings. The fourth-order valence-corrected chi connectivity index (χ4v) is 6.05. The molecular formula is C31H36N4O8S. The van der Waals surface area contributed by atoms with E-state index in [0.717, 1.165) is 41.1 Å². The van der Waals surface area contributed by atoms with Crippen molar-refractivity contribution in [2.75, 3.05) is 5.32 Å². The van der Waals surface area contributed by atoms with Crippen molar-refractivity contribution >= 4 is 40.9 Å². The second-order valence-electron chi connectivity index (χ2n) is 11.1. The summed E-state index contributed by atoms with van der Waals surface area (Å²) in [6, 6.07) is 10.7. The molecule has 234 valence electrons. The molecule has 0 saturated heterocycles. The molecule has 0 radical (unpaired) electrons. The van der Waals surface area contributed by atoms with Gasteiger partial charge in [0.2, 0.25) is 0 Å². The van der Waals surface area contributed by atoms with Gasteiger partial charge in [0.05, 0.1) is 39.5 Å².